The minimum atomic E-state index is -0.497. The average molecular weight is 591 g/mol. The second kappa shape index (κ2) is 11.2. The number of fused-ring (bicyclic) bond motifs is 1. The van der Waals surface area contributed by atoms with Crippen LogP contribution in [-0.4, -0.2) is 53.6 Å². The molecular formula is C31H32BrN3O4. The molecule has 0 bridgehead atoms. The first-order chi connectivity index (χ1) is 18.7. The molecule has 1 saturated heterocycles. The Morgan fingerprint density at radius 1 is 0.949 bits per heavy atom. The van der Waals surface area contributed by atoms with Crippen LogP contribution in [0.2, 0.25) is 0 Å². The Morgan fingerprint density at radius 3 is 2.44 bits per heavy atom. The zero-order valence-corrected chi connectivity index (χ0v) is 24.0. The molecule has 7 nitrogen and oxygen atoms in total. The van der Waals surface area contributed by atoms with E-state index in [-0.39, 0.29) is 12.0 Å². The van der Waals surface area contributed by atoms with Crippen LogP contribution in [0.3, 0.4) is 0 Å². The van der Waals surface area contributed by atoms with E-state index in [1.54, 1.807) is 17.0 Å². The molecule has 4 aromatic rings. The Kier molecular flexibility index (Phi) is 7.77. The lowest BCUT2D eigenvalue weighted by Gasteiger charge is -2.35. The van der Waals surface area contributed by atoms with Gasteiger partial charge in [0.05, 0.1) is 5.69 Å². The van der Waals surface area contributed by atoms with E-state index in [9.17, 15) is 9.59 Å². The van der Waals surface area contributed by atoms with Gasteiger partial charge in [0.2, 0.25) is 0 Å². The summed E-state index contributed by atoms with van der Waals surface area (Å²) in [6, 6.07) is 23.1. The predicted molar refractivity (Wildman–Crippen MR) is 157 cm³/mol. The van der Waals surface area contributed by atoms with Gasteiger partial charge >= 0.3 is 6.09 Å². The van der Waals surface area contributed by atoms with E-state index in [0.29, 0.717) is 30.1 Å². The number of hydrogen-bond acceptors (Lipinski definition) is 5. The maximum Gasteiger partial charge on any atom is 0.410 e. The first kappa shape index (κ1) is 27.0. The largest absolute Gasteiger partial charge is 0.456 e. The van der Waals surface area contributed by atoms with E-state index < -0.39 is 5.60 Å². The van der Waals surface area contributed by atoms with E-state index in [1.807, 2.05) is 75.4 Å². The van der Waals surface area contributed by atoms with Gasteiger partial charge in [-0.3, -0.25) is 9.69 Å². The van der Waals surface area contributed by atoms with Crippen molar-refractivity contribution in [1.29, 1.82) is 0 Å². The Hall–Kier alpha value is -3.62. The number of carbonyl (C=O) groups is 2. The molecule has 0 radical (unpaired) electrons. The van der Waals surface area contributed by atoms with Gasteiger partial charge in [-0.1, -0.05) is 46.3 Å². The quantitative estimate of drug-likeness (QED) is 0.267. The third-order valence-electron chi connectivity index (χ3n) is 6.60. The third-order valence-corrected chi connectivity index (χ3v) is 7.09. The highest BCUT2D eigenvalue weighted by molar-refractivity contribution is 9.10. The summed E-state index contributed by atoms with van der Waals surface area (Å²) in [5, 5.41) is 4.07. The van der Waals surface area contributed by atoms with Crippen LogP contribution in [0.4, 0.5) is 10.5 Å². The number of furan rings is 1. The van der Waals surface area contributed by atoms with Gasteiger partial charge in [0.15, 0.2) is 0 Å². The second-order valence-electron chi connectivity index (χ2n) is 10.7. The van der Waals surface area contributed by atoms with Gasteiger partial charge in [0.25, 0.3) is 5.91 Å². The molecule has 39 heavy (non-hydrogen) atoms. The number of hydrogen-bond donors (Lipinski definition) is 1. The maximum absolute atomic E-state index is 12.9. The van der Waals surface area contributed by atoms with Crippen molar-refractivity contribution in [2.45, 2.75) is 32.9 Å². The van der Waals surface area contributed by atoms with Gasteiger partial charge in [0.1, 0.15) is 16.9 Å². The molecule has 0 spiro atoms. The molecule has 202 valence electrons. The lowest BCUT2D eigenvalue weighted by Crippen LogP contribution is -2.49. The number of anilines is 1. The van der Waals surface area contributed by atoms with Crippen LogP contribution >= 0.6 is 15.9 Å². The zero-order valence-electron chi connectivity index (χ0n) is 22.4. The minimum Gasteiger partial charge on any atom is -0.456 e. The highest BCUT2D eigenvalue weighted by Crippen LogP contribution is 2.35. The average Bonchev–Trinajstić information content (AvgIpc) is 3.34. The fourth-order valence-electron chi connectivity index (χ4n) is 4.68. The van der Waals surface area contributed by atoms with Crippen LogP contribution in [-0.2, 0) is 11.3 Å². The Balaban J connectivity index is 1.32. The molecule has 3 aromatic carbocycles. The third kappa shape index (κ3) is 6.52. The summed E-state index contributed by atoms with van der Waals surface area (Å²) in [6.07, 6.45) is -0.255. The van der Waals surface area contributed by atoms with Gasteiger partial charge in [-0.2, -0.15) is 0 Å². The van der Waals surface area contributed by atoms with Gasteiger partial charge < -0.3 is 19.4 Å². The Morgan fingerprint density at radius 2 is 1.69 bits per heavy atom. The Labute approximate surface area is 236 Å². The predicted octanol–water partition coefficient (Wildman–Crippen LogP) is 7.17. The number of benzene rings is 3. The van der Waals surface area contributed by atoms with Crippen molar-refractivity contribution < 1.29 is 18.7 Å². The number of piperazine rings is 1. The van der Waals surface area contributed by atoms with Crippen molar-refractivity contribution in [3.63, 3.8) is 0 Å². The Bertz CT molecular complexity index is 1500. The molecule has 0 unspecified atom stereocenters. The number of nitrogens with one attached hydrogen (secondary N) is 1. The SMILES string of the molecule is CC(C)(C)OC(=O)N1CCN(Cc2cccc3oc(-c4ccccc4NC(=O)c4cccc(Br)c4)cc23)CC1. The fourth-order valence-corrected chi connectivity index (χ4v) is 5.08. The zero-order chi connectivity index (χ0) is 27.6. The summed E-state index contributed by atoms with van der Waals surface area (Å²) in [5.74, 6) is 0.503. The molecule has 1 aromatic heterocycles. The van der Waals surface area contributed by atoms with Gasteiger partial charge in [0, 0.05) is 53.7 Å². The molecule has 0 atom stereocenters. The second-order valence-corrected chi connectivity index (χ2v) is 11.6. The molecule has 0 aliphatic carbocycles. The molecule has 2 amide bonds. The van der Waals surface area contributed by atoms with E-state index in [4.69, 9.17) is 9.15 Å². The summed E-state index contributed by atoms with van der Waals surface area (Å²) in [4.78, 5) is 29.5. The normalized spacial score (nSPS) is 14.4. The molecular weight excluding hydrogens is 558 g/mol. The summed E-state index contributed by atoms with van der Waals surface area (Å²) in [5.41, 5.74) is 3.52. The van der Waals surface area contributed by atoms with Crippen LogP contribution < -0.4 is 5.32 Å². The number of nitrogens with zero attached hydrogens (tertiary/aromatic N) is 2. The molecule has 1 aliphatic rings. The minimum absolute atomic E-state index is 0.189. The van der Waals surface area contributed by atoms with E-state index >= 15 is 0 Å². The number of ether oxygens (including phenoxy) is 1. The molecule has 8 heteroatoms. The number of rotatable bonds is 5. The van der Waals surface area contributed by atoms with Gasteiger partial charge in [-0.05, 0) is 68.8 Å². The van der Waals surface area contributed by atoms with Crippen molar-refractivity contribution in [2.75, 3.05) is 31.5 Å². The van der Waals surface area contributed by atoms with Crippen molar-refractivity contribution >= 4 is 44.6 Å². The van der Waals surface area contributed by atoms with Crippen LogP contribution in [0.1, 0.15) is 36.7 Å². The first-order valence-corrected chi connectivity index (χ1v) is 13.8. The van der Waals surface area contributed by atoms with E-state index in [2.05, 4.69) is 32.2 Å². The summed E-state index contributed by atoms with van der Waals surface area (Å²) in [7, 11) is 0. The van der Waals surface area contributed by atoms with E-state index in [1.165, 1.54) is 0 Å². The van der Waals surface area contributed by atoms with Gasteiger partial charge in [-0.15, -0.1) is 0 Å². The van der Waals surface area contributed by atoms with Crippen molar-refractivity contribution in [2.24, 2.45) is 0 Å². The highest BCUT2D eigenvalue weighted by atomic mass is 79.9. The topological polar surface area (TPSA) is 75.0 Å². The van der Waals surface area contributed by atoms with Crippen LogP contribution in [0.15, 0.2) is 81.7 Å². The van der Waals surface area contributed by atoms with Crippen LogP contribution in [0.5, 0.6) is 0 Å². The lowest BCUT2D eigenvalue weighted by molar-refractivity contribution is 0.0139. The molecule has 1 aliphatic heterocycles. The highest BCUT2D eigenvalue weighted by Gasteiger charge is 2.26. The summed E-state index contributed by atoms with van der Waals surface area (Å²) in [6.45, 7) is 9.20. The molecule has 1 N–H and O–H groups in total. The summed E-state index contributed by atoms with van der Waals surface area (Å²) >= 11 is 3.43. The van der Waals surface area contributed by atoms with Crippen LogP contribution in [0.25, 0.3) is 22.3 Å². The van der Waals surface area contributed by atoms with Gasteiger partial charge in [-0.25, -0.2) is 4.79 Å². The smallest absolute Gasteiger partial charge is 0.410 e. The van der Waals surface area contributed by atoms with E-state index in [0.717, 1.165) is 46.2 Å². The van der Waals surface area contributed by atoms with Crippen molar-refractivity contribution in [3.8, 4) is 11.3 Å². The number of carbonyl (C=O) groups excluding carboxylic acids is 2. The molecule has 1 fully saturated rings. The lowest BCUT2D eigenvalue weighted by atomic mass is 10.1. The monoisotopic (exact) mass is 589 g/mol. The van der Waals surface area contributed by atoms with Crippen LogP contribution in [0, 0.1) is 0 Å². The first-order valence-electron chi connectivity index (χ1n) is 13.0. The fraction of sp³-hybridized carbons (Fsp3) is 0.290. The van der Waals surface area contributed by atoms with Crippen molar-refractivity contribution in [3.05, 3.63) is 88.4 Å². The number of para-hydroxylation sites is 1. The molecule has 5 rings (SSSR count). The number of amides is 2. The van der Waals surface area contributed by atoms with Crippen molar-refractivity contribution in [1.82, 2.24) is 9.80 Å². The summed E-state index contributed by atoms with van der Waals surface area (Å²) < 4.78 is 12.7. The number of halogens is 1. The standard InChI is InChI=1S/C31H32BrN3O4/c1-31(2,3)39-30(37)35-16-14-34(15-17-35)20-22-9-7-13-27-25(22)19-28(38-27)24-11-4-5-12-26(24)33-29(36)21-8-6-10-23(32)18-21/h4-13,18-19H,14-17,20H2,1-3H3,(H,33,36). The maximum atomic E-state index is 12.9. The molecule has 2 heterocycles. The molecule has 0 saturated carbocycles.